The third kappa shape index (κ3) is 3.08. The fourth-order valence-electron chi connectivity index (χ4n) is 3.08. The Morgan fingerprint density at radius 1 is 1.32 bits per heavy atom. The number of piperidine rings is 1. The molecular formula is C17H24N4O. The Labute approximate surface area is 131 Å². The van der Waals surface area contributed by atoms with Crippen LogP contribution in [0, 0.1) is 12.8 Å². The van der Waals surface area contributed by atoms with E-state index < -0.39 is 0 Å². The lowest BCUT2D eigenvalue weighted by Crippen LogP contribution is -2.44. The van der Waals surface area contributed by atoms with Crippen molar-refractivity contribution in [3.63, 3.8) is 0 Å². The number of carbonyl (C=O) groups is 1. The molecule has 1 aromatic carbocycles. The molecule has 0 bridgehead atoms. The SMILES string of the molecule is Cc1nc2ccccc2n1CCNC(=O)N1CCC(C)CC1. The predicted octanol–water partition coefficient (Wildman–Crippen LogP) is 2.79. The van der Waals surface area contributed by atoms with Crippen LogP contribution in [-0.4, -0.2) is 40.1 Å². The molecule has 1 aliphatic rings. The zero-order valence-electron chi connectivity index (χ0n) is 13.4. The Morgan fingerprint density at radius 3 is 2.82 bits per heavy atom. The quantitative estimate of drug-likeness (QED) is 0.947. The van der Waals surface area contributed by atoms with Gasteiger partial charge in [0.1, 0.15) is 5.82 Å². The Hall–Kier alpha value is -2.04. The number of aromatic nitrogens is 2. The molecule has 1 N–H and O–H groups in total. The first kappa shape index (κ1) is 14.9. The molecule has 1 saturated heterocycles. The molecular weight excluding hydrogens is 276 g/mol. The molecule has 0 saturated carbocycles. The van der Waals surface area contributed by atoms with Crippen LogP contribution in [-0.2, 0) is 6.54 Å². The number of urea groups is 1. The lowest BCUT2D eigenvalue weighted by Gasteiger charge is -2.30. The number of rotatable bonds is 3. The van der Waals surface area contributed by atoms with E-state index in [1.807, 2.05) is 30.0 Å². The molecule has 5 heteroatoms. The second-order valence-electron chi connectivity index (χ2n) is 6.20. The predicted molar refractivity (Wildman–Crippen MR) is 87.8 cm³/mol. The Morgan fingerprint density at radius 2 is 2.05 bits per heavy atom. The van der Waals surface area contributed by atoms with Crippen molar-refractivity contribution in [1.29, 1.82) is 0 Å². The molecule has 0 spiro atoms. The summed E-state index contributed by atoms with van der Waals surface area (Å²) in [6, 6.07) is 8.18. The first-order valence-electron chi connectivity index (χ1n) is 8.10. The van der Waals surface area contributed by atoms with E-state index in [1.54, 1.807) is 0 Å². The van der Waals surface area contributed by atoms with Gasteiger partial charge in [-0.15, -0.1) is 0 Å². The molecule has 0 atom stereocenters. The minimum atomic E-state index is 0.0639. The second kappa shape index (κ2) is 6.38. The van der Waals surface area contributed by atoms with Gasteiger partial charge in [-0.1, -0.05) is 19.1 Å². The minimum Gasteiger partial charge on any atom is -0.336 e. The highest BCUT2D eigenvalue weighted by atomic mass is 16.2. The van der Waals surface area contributed by atoms with Crippen LogP contribution >= 0.6 is 0 Å². The molecule has 1 aliphatic heterocycles. The number of nitrogens with zero attached hydrogens (tertiary/aromatic N) is 3. The topological polar surface area (TPSA) is 50.2 Å². The van der Waals surface area contributed by atoms with E-state index >= 15 is 0 Å². The highest BCUT2D eigenvalue weighted by Crippen LogP contribution is 2.16. The second-order valence-corrected chi connectivity index (χ2v) is 6.20. The van der Waals surface area contributed by atoms with Gasteiger partial charge in [0.2, 0.25) is 0 Å². The highest BCUT2D eigenvalue weighted by Gasteiger charge is 2.19. The number of imidazole rings is 1. The zero-order chi connectivity index (χ0) is 15.5. The van der Waals surface area contributed by atoms with Crippen LogP contribution in [0.2, 0.25) is 0 Å². The van der Waals surface area contributed by atoms with Crippen molar-refractivity contribution in [3.8, 4) is 0 Å². The summed E-state index contributed by atoms with van der Waals surface area (Å²) in [5.74, 6) is 1.73. The first-order chi connectivity index (χ1) is 10.6. The summed E-state index contributed by atoms with van der Waals surface area (Å²) in [5, 5.41) is 3.04. The minimum absolute atomic E-state index is 0.0639. The number of amides is 2. The first-order valence-corrected chi connectivity index (χ1v) is 8.10. The van der Waals surface area contributed by atoms with E-state index in [0.29, 0.717) is 6.54 Å². The van der Waals surface area contributed by atoms with Crippen LogP contribution in [0.4, 0.5) is 4.79 Å². The number of hydrogen-bond donors (Lipinski definition) is 1. The average Bonchev–Trinajstić information content (AvgIpc) is 2.84. The summed E-state index contributed by atoms with van der Waals surface area (Å²) < 4.78 is 2.16. The fourth-order valence-corrected chi connectivity index (χ4v) is 3.08. The van der Waals surface area contributed by atoms with E-state index in [1.165, 1.54) is 0 Å². The van der Waals surface area contributed by atoms with Crippen LogP contribution < -0.4 is 5.32 Å². The molecule has 0 radical (unpaired) electrons. The van der Waals surface area contributed by atoms with Gasteiger partial charge in [-0.2, -0.15) is 0 Å². The standard InChI is InChI=1S/C17H24N4O/c1-13-7-10-20(11-8-13)17(22)18-9-12-21-14(2)19-15-5-3-4-6-16(15)21/h3-6,13H,7-12H2,1-2H3,(H,18,22). The van der Waals surface area contributed by atoms with Crippen molar-refractivity contribution >= 4 is 17.1 Å². The number of hydrogen-bond acceptors (Lipinski definition) is 2. The number of aryl methyl sites for hydroxylation is 1. The molecule has 2 aromatic rings. The largest absolute Gasteiger partial charge is 0.336 e. The van der Waals surface area contributed by atoms with E-state index in [9.17, 15) is 4.79 Å². The van der Waals surface area contributed by atoms with Crippen molar-refractivity contribution in [2.45, 2.75) is 33.2 Å². The number of benzene rings is 1. The number of para-hydroxylation sites is 2. The molecule has 1 aromatic heterocycles. The molecule has 118 valence electrons. The van der Waals surface area contributed by atoms with Gasteiger partial charge in [0.15, 0.2) is 0 Å². The maximum absolute atomic E-state index is 12.2. The number of fused-ring (bicyclic) bond motifs is 1. The average molecular weight is 300 g/mol. The van der Waals surface area contributed by atoms with E-state index in [2.05, 4.69) is 27.9 Å². The van der Waals surface area contributed by atoms with E-state index in [-0.39, 0.29) is 6.03 Å². The van der Waals surface area contributed by atoms with Crippen molar-refractivity contribution in [1.82, 2.24) is 19.8 Å². The summed E-state index contributed by atoms with van der Waals surface area (Å²) in [5.41, 5.74) is 2.14. The van der Waals surface area contributed by atoms with Gasteiger partial charge in [0, 0.05) is 26.2 Å². The van der Waals surface area contributed by atoms with Gasteiger partial charge >= 0.3 is 6.03 Å². The van der Waals surface area contributed by atoms with Crippen molar-refractivity contribution in [3.05, 3.63) is 30.1 Å². The van der Waals surface area contributed by atoms with Crippen molar-refractivity contribution < 1.29 is 4.79 Å². The number of likely N-dealkylation sites (tertiary alicyclic amines) is 1. The molecule has 5 nitrogen and oxygen atoms in total. The molecule has 3 rings (SSSR count). The smallest absolute Gasteiger partial charge is 0.317 e. The molecule has 2 heterocycles. The van der Waals surface area contributed by atoms with E-state index in [4.69, 9.17) is 0 Å². The monoisotopic (exact) mass is 300 g/mol. The third-order valence-electron chi connectivity index (χ3n) is 4.53. The lowest BCUT2D eigenvalue weighted by atomic mass is 10.00. The summed E-state index contributed by atoms with van der Waals surface area (Å²) in [6.45, 7) is 7.39. The maximum atomic E-state index is 12.2. The maximum Gasteiger partial charge on any atom is 0.317 e. The van der Waals surface area contributed by atoms with Gasteiger partial charge in [0.05, 0.1) is 11.0 Å². The summed E-state index contributed by atoms with van der Waals surface area (Å²) >= 11 is 0. The lowest BCUT2D eigenvalue weighted by molar-refractivity contribution is 0.174. The highest BCUT2D eigenvalue weighted by molar-refractivity contribution is 5.76. The van der Waals surface area contributed by atoms with Gasteiger partial charge in [-0.25, -0.2) is 9.78 Å². The molecule has 0 aliphatic carbocycles. The molecule has 2 amide bonds. The van der Waals surface area contributed by atoms with Crippen molar-refractivity contribution in [2.24, 2.45) is 5.92 Å². The van der Waals surface area contributed by atoms with Crippen LogP contribution in [0.3, 0.4) is 0 Å². The van der Waals surface area contributed by atoms with Crippen LogP contribution in [0.15, 0.2) is 24.3 Å². The fraction of sp³-hybridized carbons (Fsp3) is 0.529. The van der Waals surface area contributed by atoms with Gasteiger partial charge < -0.3 is 14.8 Å². The van der Waals surface area contributed by atoms with Gasteiger partial charge in [-0.05, 0) is 37.8 Å². The number of nitrogens with one attached hydrogen (secondary N) is 1. The Balaban J connectivity index is 1.56. The third-order valence-corrected chi connectivity index (χ3v) is 4.53. The summed E-state index contributed by atoms with van der Waals surface area (Å²) in [6.07, 6.45) is 2.22. The van der Waals surface area contributed by atoms with Crippen LogP contribution in [0.25, 0.3) is 11.0 Å². The normalized spacial score (nSPS) is 16.2. The summed E-state index contributed by atoms with van der Waals surface area (Å²) in [7, 11) is 0. The van der Waals surface area contributed by atoms with Gasteiger partial charge in [0.25, 0.3) is 0 Å². The van der Waals surface area contributed by atoms with Crippen molar-refractivity contribution in [2.75, 3.05) is 19.6 Å². The number of carbonyl (C=O) groups excluding carboxylic acids is 1. The summed E-state index contributed by atoms with van der Waals surface area (Å²) in [4.78, 5) is 18.7. The molecule has 1 fully saturated rings. The van der Waals surface area contributed by atoms with Gasteiger partial charge in [-0.3, -0.25) is 0 Å². The molecule has 0 unspecified atom stereocenters. The Kier molecular flexibility index (Phi) is 4.32. The Bertz CT molecular complexity index is 656. The van der Waals surface area contributed by atoms with Crippen LogP contribution in [0.5, 0.6) is 0 Å². The zero-order valence-corrected chi connectivity index (χ0v) is 13.4. The molecule has 22 heavy (non-hydrogen) atoms. The van der Waals surface area contributed by atoms with E-state index in [0.717, 1.165) is 55.3 Å². The van der Waals surface area contributed by atoms with Crippen LogP contribution in [0.1, 0.15) is 25.6 Å².